The largest absolute Gasteiger partial charge is 0.486 e. The lowest BCUT2D eigenvalue weighted by atomic mass is 9.95. The van der Waals surface area contributed by atoms with E-state index < -0.39 is 0 Å². The number of hydrogen-bond acceptors (Lipinski definition) is 9. The molecule has 4 rings (SSSR count). The number of nitrogens with one attached hydrogen (secondary N) is 3. The first-order chi connectivity index (χ1) is 15.4. The van der Waals surface area contributed by atoms with Gasteiger partial charge in [-0.2, -0.15) is 9.61 Å². The second kappa shape index (κ2) is 10.1. The van der Waals surface area contributed by atoms with E-state index in [1.807, 2.05) is 45.2 Å². The third kappa shape index (κ3) is 5.11. The summed E-state index contributed by atoms with van der Waals surface area (Å²) in [4.78, 5) is 13.3. The van der Waals surface area contributed by atoms with Crippen LogP contribution in [0.1, 0.15) is 13.8 Å². The van der Waals surface area contributed by atoms with Crippen LogP contribution in [0, 0.1) is 5.41 Å². The van der Waals surface area contributed by atoms with Crippen LogP contribution >= 0.6 is 0 Å². The Morgan fingerprint density at radius 1 is 1.28 bits per heavy atom. The van der Waals surface area contributed by atoms with Crippen molar-refractivity contribution < 1.29 is 19.4 Å². The molecule has 0 radical (unpaired) electrons. The Hall–Kier alpha value is -3.73. The Balaban J connectivity index is 0.000000913. The third-order valence-electron chi connectivity index (χ3n) is 4.74. The van der Waals surface area contributed by atoms with Gasteiger partial charge in [0.2, 0.25) is 6.41 Å². The van der Waals surface area contributed by atoms with Crippen molar-refractivity contribution >= 4 is 35.1 Å². The van der Waals surface area contributed by atoms with Crippen LogP contribution in [-0.4, -0.2) is 59.5 Å². The lowest BCUT2D eigenvalue weighted by Crippen LogP contribution is -2.26. The van der Waals surface area contributed by atoms with Gasteiger partial charge in [-0.15, -0.1) is 0 Å². The van der Waals surface area contributed by atoms with E-state index in [0.717, 1.165) is 17.2 Å². The van der Waals surface area contributed by atoms with Gasteiger partial charge < -0.3 is 36.3 Å². The van der Waals surface area contributed by atoms with E-state index >= 15 is 0 Å². The predicted octanol–water partition coefficient (Wildman–Crippen LogP) is 1.82. The Bertz CT molecular complexity index is 1070. The summed E-state index contributed by atoms with van der Waals surface area (Å²) in [5.74, 6) is 2.83. The molecule has 0 aliphatic carbocycles. The van der Waals surface area contributed by atoms with Crippen molar-refractivity contribution in [3.8, 4) is 11.5 Å². The van der Waals surface area contributed by atoms with E-state index in [9.17, 15) is 5.11 Å². The minimum Gasteiger partial charge on any atom is -0.486 e. The molecule has 0 spiro atoms. The zero-order valence-corrected chi connectivity index (χ0v) is 18.4. The van der Waals surface area contributed by atoms with Crippen LogP contribution in [0.4, 0.5) is 23.0 Å². The van der Waals surface area contributed by atoms with Gasteiger partial charge in [0.15, 0.2) is 17.1 Å². The number of nitrogens with two attached hydrogens (primary N) is 1. The maximum atomic E-state index is 9.50. The van der Waals surface area contributed by atoms with Gasteiger partial charge in [0, 0.05) is 31.7 Å². The lowest BCUT2D eigenvalue weighted by molar-refractivity contribution is -0.106. The summed E-state index contributed by atoms with van der Waals surface area (Å²) in [5, 5.41) is 23.8. The summed E-state index contributed by atoms with van der Waals surface area (Å²) in [7, 11) is 1.84. The molecule has 1 amide bonds. The Kier molecular flexibility index (Phi) is 7.21. The number of aliphatic hydroxyl groups is 1. The number of anilines is 4. The van der Waals surface area contributed by atoms with Crippen molar-refractivity contribution in [2.24, 2.45) is 11.1 Å². The normalized spacial score (nSPS) is 12.5. The molecule has 32 heavy (non-hydrogen) atoms. The van der Waals surface area contributed by atoms with Gasteiger partial charge in [0.1, 0.15) is 30.5 Å². The van der Waals surface area contributed by atoms with Crippen LogP contribution in [0.15, 0.2) is 30.5 Å². The van der Waals surface area contributed by atoms with E-state index in [1.165, 1.54) is 0 Å². The van der Waals surface area contributed by atoms with Crippen molar-refractivity contribution in [1.29, 1.82) is 0 Å². The quantitative estimate of drug-likeness (QED) is 0.345. The number of carbonyl (C=O) groups is 1. The first-order valence-electron chi connectivity index (χ1n) is 10.1. The fourth-order valence-electron chi connectivity index (χ4n) is 3.03. The van der Waals surface area contributed by atoms with Crippen molar-refractivity contribution in [2.45, 2.75) is 13.8 Å². The predicted molar refractivity (Wildman–Crippen MR) is 123 cm³/mol. The topological polar surface area (TPSA) is 148 Å². The molecule has 11 heteroatoms. The monoisotopic (exact) mass is 443 g/mol. The number of primary amides is 1. The van der Waals surface area contributed by atoms with Gasteiger partial charge in [0.25, 0.3) is 0 Å². The van der Waals surface area contributed by atoms with Crippen LogP contribution in [0.2, 0.25) is 0 Å². The highest BCUT2D eigenvalue weighted by molar-refractivity contribution is 5.75. The van der Waals surface area contributed by atoms with Gasteiger partial charge in [-0.3, -0.25) is 4.79 Å². The highest BCUT2D eigenvalue weighted by atomic mass is 16.6. The highest BCUT2D eigenvalue weighted by Gasteiger charge is 2.19. The molecule has 0 bridgehead atoms. The van der Waals surface area contributed by atoms with Gasteiger partial charge in [0.05, 0.1) is 11.9 Å². The molecule has 0 fully saturated rings. The first-order valence-corrected chi connectivity index (χ1v) is 10.1. The van der Waals surface area contributed by atoms with Crippen LogP contribution < -0.4 is 31.2 Å². The second-order valence-electron chi connectivity index (χ2n) is 7.84. The van der Waals surface area contributed by atoms with Crippen molar-refractivity contribution in [1.82, 2.24) is 14.6 Å². The van der Waals surface area contributed by atoms with E-state index in [4.69, 9.17) is 19.3 Å². The fraction of sp³-hybridized carbons (Fsp3) is 0.381. The average Bonchev–Trinajstić information content (AvgIpc) is 3.21. The van der Waals surface area contributed by atoms with E-state index in [-0.39, 0.29) is 18.4 Å². The number of aromatic nitrogens is 3. The van der Waals surface area contributed by atoms with Crippen molar-refractivity contribution in [3.05, 3.63) is 30.5 Å². The molecule has 0 saturated carbocycles. The number of hydrogen-bond donors (Lipinski definition) is 5. The Labute approximate surface area is 185 Å². The zero-order valence-electron chi connectivity index (χ0n) is 18.4. The molecule has 3 heterocycles. The molecular weight excluding hydrogens is 414 g/mol. The highest BCUT2D eigenvalue weighted by Crippen LogP contribution is 2.38. The molecule has 0 unspecified atom stereocenters. The summed E-state index contributed by atoms with van der Waals surface area (Å²) in [6, 6.07) is 7.61. The van der Waals surface area contributed by atoms with E-state index in [1.54, 1.807) is 10.7 Å². The van der Waals surface area contributed by atoms with Crippen LogP contribution in [0.5, 0.6) is 11.5 Å². The van der Waals surface area contributed by atoms with E-state index in [0.29, 0.717) is 42.7 Å². The Morgan fingerprint density at radius 3 is 2.75 bits per heavy atom. The van der Waals surface area contributed by atoms with Crippen LogP contribution in [0.3, 0.4) is 0 Å². The second-order valence-corrected chi connectivity index (χ2v) is 7.84. The van der Waals surface area contributed by atoms with Crippen LogP contribution in [0.25, 0.3) is 5.65 Å². The standard InChI is InChI=1S/C20H26N6O3.CH3NO/c1-20(2,12-27)11-22-14-10-23-26-17(21-3)9-16(25-19(14)26)24-13-5-4-6-15-18(13)29-8-7-28-15;2-1-3/h4-6,9-10,21-22,27H,7-8,11-12H2,1-3H3,(H,24,25);1H,(H2,2,3). The summed E-state index contributed by atoms with van der Waals surface area (Å²) >= 11 is 0. The summed E-state index contributed by atoms with van der Waals surface area (Å²) in [6.45, 7) is 5.72. The minimum atomic E-state index is -0.254. The zero-order chi connectivity index (χ0) is 23.1. The van der Waals surface area contributed by atoms with Crippen LogP contribution in [-0.2, 0) is 4.79 Å². The smallest absolute Gasteiger partial charge is 0.204 e. The summed E-state index contributed by atoms with van der Waals surface area (Å²) in [6.07, 6.45) is 1.99. The van der Waals surface area contributed by atoms with Gasteiger partial charge in [-0.25, -0.2) is 4.98 Å². The Morgan fingerprint density at radius 2 is 2.03 bits per heavy atom. The lowest BCUT2D eigenvalue weighted by Gasteiger charge is -2.22. The van der Waals surface area contributed by atoms with Gasteiger partial charge in [-0.05, 0) is 12.1 Å². The molecule has 1 aromatic carbocycles. The van der Waals surface area contributed by atoms with Gasteiger partial charge in [-0.1, -0.05) is 19.9 Å². The number of para-hydroxylation sites is 1. The number of aliphatic hydroxyl groups excluding tert-OH is 1. The number of carbonyl (C=O) groups excluding carboxylic acids is 1. The van der Waals surface area contributed by atoms with E-state index in [2.05, 4.69) is 26.8 Å². The summed E-state index contributed by atoms with van der Waals surface area (Å²) < 4.78 is 13.2. The molecule has 3 aromatic rings. The van der Waals surface area contributed by atoms with Crippen molar-refractivity contribution in [3.63, 3.8) is 0 Å². The fourth-order valence-corrected chi connectivity index (χ4v) is 3.03. The number of amides is 1. The van der Waals surface area contributed by atoms with Gasteiger partial charge >= 0.3 is 0 Å². The number of fused-ring (bicyclic) bond motifs is 2. The first kappa shape index (κ1) is 22.9. The SMILES string of the molecule is CNc1cc(Nc2cccc3c2OCCO3)nc2c(NCC(C)(C)CO)cnn12.NC=O. The third-order valence-corrected chi connectivity index (χ3v) is 4.74. The minimum absolute atomic E-state index is 0.0857. The molecule has 11 nitrogen and oxygen atoms in total. The molecule has 2 aromatic heterocycles. The molecule has 1 aliphatic heterocycles. The van der Waals surface area contributed by atoms with Crippen molar-refractivity contribution in [2.75, 3.05) is 49.4 Å². The molecule has 0 atom stereocenters. The number of nitrogens with zero attached hydrogens (tertiary/aromatic N) is 3. The number of benzene rings is 1. The maximum Gasteiger partial charge on any atom is 0.204 e. The number of ether oxygens (including phenoxy) is 2. The molecule has 172 valence electrons. The molecule has 1 aliphatic rings. The summed E-state index contributed by atoms with van der Waals surface area (Å²) in [5.41, 5.74) is 6.17. The molecular formula is C21H29N7O4. The average molecular weight is 444 g/mol. The number of rotatable bonds is 7. The maximum absolute atomic E-state index is 9.50. The molecule has 6 N–H and O–H groups in total. The molecule has 0 saturated heterocycles.